The maximum atomic E-state index is 4.69. The second-order valence-electron chi connectivity index (χ2n) is 11.5. The molecule has 0 saturated heterocycles. The molecule has 0 bridgehead atoms. The van der Waals surface area contributed by atoms with Gasteiger partial charge in [0.15, 0.2) is 6.20 Å². The second-order valence-corrected chi connectivity index (χ2v) is 15.8. The van der Waals surface area contributed by atoms with Crippen LogP contribution in [0.1, 0.15) is 27.8 Å². The van der Waals surface area contributed by atoms with Gasteiger partial charge < -0.3 is 4.90 Å². The molecular weight excluding hydrogens is 492 g/mol. The molecule has 0 saturated carbocycles. The quantitative estimate of drug-likeness (QED) is 0.202. The number of aryl methyl sites for hydroxylation is 2. The van der Waals surface area contributed by atoms with Gasteiger partial charge in [0, 0.05) is 31.9 Å². The summed E-state index contributed by atoms with van der Waals surface area (Å²) in [7, 11) is 4.17. The van der Waals surface area contributed by atoms with Crippen LogP contribution < -0.4 is 30.4 Å². The van der Waals surface area contributed by atoms with E-state index in [4.69, 9.17) is 0 Å². The molecule has 4 aromatic carbocycles. The number of rotatable bonds is 4. The van der Waals surface area contributed by atoms with Crippen LogP contribution in [0.15, 0.2) is 89.2 Å². The van der Waals surface area contributed by atoms with Crippen molar-refractivity contribution in [3.8, 4) is 0 Å². The van der Waals surface area contributed by atoms with Crippen molar-refractivity contribution in [1.82, 2.24) is 4.58 Å². The lowest BCUT2D eigenvalue weighted by Crippen LogP contribution is -2.63. The number of anilines is 1. The summed E-state index contributed by atoms with van der Waals surface area (Å²) in [6.07, 6.45) is 4.40. The number of hydrogen-bond acceptors (Lipinski definition) is 3. The van der Waals surface area contributed by atoms with E-state index in [1.165, 1.54) is 54.3 Å². The van der Waals surface area contributed by atoms with Crippen LogP contribution in [-0.2, 0) is 0 Å². The van der Waals surface area contributed by atoms with E-state index < -0.39 is 8.07 Å². The highest BCUT2D eigenvalue weighted by Crippen LogP contribution is 2.31. The Hall–Kier alpha value is -4.09. The first kappa shape index (κ1) is 25.2. The number of hydrogen-bond donors (Lipinski definition) is 0. The first-order valence-corrected chi connectivity index (χ1v) is 16.5. The molecule has 0 radical (unpaired) electrons. The van der Waals surface area contributed by atoms with Gasteiger partial charge in [0.1, 0.15) is 15.1 Å². The van der Waals surface area contributed by atoms with E-state index in [-0.39, 0.29) is 0 Å². The zero-order valence-corrected chi connectivity index (χ0v) is 24.9. The van der Waals surface area contributed by atoms with Crippen molar-refractivity contribution in [2.24, 2.45) is 10.2 Å². The lowest BCUT2D eigenvalue weighted by Gasteiger charge is -2.33. The Kier molecular flexibility index (Phi) is 6.00. The van der Waals surface area contributed by atoms with Gasteiger partial charge in [-0.1, -0.05) is 37.4 Å². The summed E-state index contributed by atoms with van der Waals surface area (Å²) in [5.74, 6) is 0. The molecule has 2 aliphatic heterocycles. The topological polar surface area (TPSA) is 31.0 Å². The van der Waals surface area contributed by atoms with Crippen LogP contribution in [0.2, 0.25) is 13.1 Å². The molecule has 194 valence electrons. The second kappa shape index (κ2) is 9.28. The summed E-state index contributed by atoms with van der Waals surface area (Å²) in [6.45, 7) is 9.41. The summed E-state index contributed by atoms with van der Waals surface area (Å²) in [5, 5.41) is 14.8. The molecule has 0 aromatic heterocycles. The van der Waals surface area contributed by atoms with Crippen molar-refractivity contribution < 1.29 is 0 Å². The summed E-state index contributed by atoms with van der Waals surface area (Å²) in [6, 6.07) is 26.4. The van der Waals surface area contributed by atoms with Gasteiger partial charge in [-0.3, -0.25) is 0 Å². The van der Waals surface area contributed by atoms with Gasteiger partial charge in [-0.05, 0) is 99.7 Å². The third-order valence-electron chi connectivity index (χ3n) is 8.29. The minimum absolute atomic E-state index is 0.856. The minimum atomic E-state index is -2.06. The average molecular weight is 528 g/mol. The van der Waals surface area contributed by atoms with Gasteiger partial charge in [0.25, 0.3) is 0 Å². The average Bonchev–Trinajstić information content (AvgIpc) is 3.28. The van der Waals surface area contributed by atoms with Gasteiger partial charge in [-0.2, -0.15) is 10.2 Å². The van der Waals surface area contributed by atoms with Crippen molar-refractivity contribution >= 4 is 47.2 Å². The fourth-order valence-electron chi connectivity index (χ4n) is 6.07. The van der Waals surface area contributed by atoms with Crippen LogP contribution in [0.25, 0.3) is 11.6 Å². The van der Waals surface area contributed by atoms with E-state index in [2.05, 4.69) is 127 Å². The van der Waals surface area contributed by atoms with E-state index in [0.29, 0.717) is 0 Å². The molecule has 39 heavy (non-hydrogen) atoms. The largest absolute Gasteiger partial charge is 0.378 e. The Morgan fingerprint density at radius 2 is 1.44 bits per heavy atom. The lowest BCUT2D eigenvalue weighted by molar-refractivity contribution is 0.900. The van der Waals surface area contributed by atoms with E-state index in [9.17, 15) is 0 Å². The predicted molar refractivity (Wildman–Crippen MR) is 168 cm³/mol. The van der Waals surface area contributed by atoms with Crippen LogP contribution in [0.3, 0.4) is 0 Å². The molecule has 4 nitrogen and oxygen atoms in total. The van der Waals surface area contributed by atoms with Crippen molar-refractivity contribution in [2.45, 2.75) is 26.9 Å². The Balaban J connectivity index is 1.57. The SMILES string of the molecule is Cc1cccc(C)c1C1=c2cc3c(cc2[Si](C)(C)c2cc(N=Nc4ccc(N(C)C)cc4)ccc21)=[N+](C)C=C3. The first-order valence-electron chi connectivity index (χ1n) is 13.5. The molecule has 2 aliphatic rings. The van der Waals surface area contributed by atoms with Crippen LogP contribution >= 0.6 is 0 Å². The highest BCUT2D eigenvalue weighted by Gasteiger charge is 2.37. The summed E-state index contributed by atoms with van der Waals surface area (Å²) in [4.78, 5) is 2.09. The minimum Gasteiger partial charge on any atom is -0.378 e. The first-order chi connectivity index (χ1) is 18.6. The summed E-state index contributed by atoms with van der Waals surface area (Å²) < 4.78 is 2.24. The van der Waals surface area contributed by atoms with Gasteiger partial charge in [-0.25, -0.2) is 4.58 Å². The zero-order valence-electron chi connectivity index (χ0n) is 23.9. The van der Waals surface area contributed by atoms with Crippen molar-refractivity contribution in [3.63, 3.8) is 0 Å². The van der Waals surface area contributed by atoms with Gasteiger partial charge in [0.2, 0.25) is 5.36 Å². The smallest absolute Gasteiger partial charge is 0.212 e. The molecule has 0 unspecified atom stereocenters. The van der Waals surface area contributed by atoms with Gasteiger partial charge >= 0.3 is 0 Å². The van der Waals surface area contributed by atoms with Crippen LogP contribution in [0.5, 0.6) is 0 Å². The molecule has 5 heteroatoms. The molecule has 0 aliphatic carbocycles. The van der Waals surface area contributed by atoms with E-state index in [1.807, 2.05) is 26.2 Å². The summed E-state index contributed by atoms with van der Waals surface area (Å²) >= 11 is 0. The highest BCUT2D eigenvalue weighted by atomic mass is 28.3. The molecule has 2 heterocycles. The third-order valence-corrected chi connectivity index (χ3v) is 11.8. The normalized spacial score (nSPS) is 14.9. The maximum absolute atomic E-state index is 4.69. The number of benzene rings is 4. The summed E-state index contributed by atoms with van der Waals surface area (Å²) in [5.41, 5.74) is 10.8. The van der Waals surface area contributed by atoms with Crippen molar-refractivity contribution in [1.29, 1.82) is 0 Å². The standard InChI is InChI=1S/C34H35N4Si/c1-22-9-8-10-23(2)33(22)34-28-16-13-26(36-35-25-11-14-27(15-12-25)37(3)4)20-31(28)39(6,7)32-21-30-24(19-29(32)34)17-18-38(30)5/h8-21H,1-7H3/q+1. The third kappa shape index (κ3) is 4.18. The van der Waals surface area contributed by atoms with Crippen molar-refractivity contribution in [2.75, 3.05) is 26.0 Å². The fourth-order valence-corrected chi connectivity index (χ4v) is 9.12. The predicted octanol–water partition coefficient (Wildman–Crippen LogP) is 5.27. The van der Waals surface area contributed by atoms with Crippen LogP contribution in [0.4, 0.5) is 17.1 Å². The van der Waals surface area contributed by atoms with E-state index >= 15 is 0 Å². The Morgan fingerprint density at radius 3 is 2.13 bits per heavy atom. The molecule has 0 atom stereocenters. The molecule has 0 fully saturated rings. The Labute approximate surface area is 232 Å². The number of azo groups is 1. The molecule has 0 N–H and O–H groups in total. The molecule has 4 aromatic rings. The van der Waals surface area contributed by atoms with Crippen molar-refractivity contribution in [3.05, 3.63) is 117 Å². The van der Waals surface area contributed by atoms with E-state index in [1.54, 1.807) is 0 Å². The monoisotopic (exact) mass is 527 g/mol. The Bertz CT molecular complexity index is 1810. The molecule has 0 amide bonds. The zero-order chi connectivity index (χ0) is 27.5. The number of fused-ring (bicyclic) bond motifs is 3. The van der Waals surface area contributed by atoms with E-state index in [0.717, 1.165) is 17.1 Å². The maximum Gasteiger partial charge on any atom is 0.212 e. The van der Waals surface area contributed by atoms with Gasteiger partial charge in [0.05, 0.1) is 16.9 Å². The number of nitrogens with zero attached hydrogens (tertiary/aromatic N) is 4. The fraction of sp³-hybridized carbons (Fsp3) is 0.206. The van der Waals surface area contributed by atoms with Gasteiger partial charge in [-0.15, -0.1) is 0 Å². The lowest BCUT2D eigenvalue weighted by atomic mass is 9.88. The Morgan fingerprint density at radius 1 is 0.769 bits per heavy atom. The molecular formula is C34H35N4Si+. The molecule has 6 rings (SSSR count). The highest BCUT2D eigenvalue weighted by molar-refractivity contribution is 7.01. The van der Waals surface area contributed by atoms with Crippen LogP contribution in [-0.4, -0.2) is 29.2 Å². The van der Waals surface area contributed by atoms with Crippen LogP contribution in [0, 0.1) is 13.8 Å². The molecule has 0 spiro atoms.